The third-order valence-corrected chi connectivity index (χ3v) is 2.20. The van der Waals surface area contributed by atoms with Gasteiger partial charge in [-0.3, -0.25) is 0 Å². The number of rotatable bonds is 1. The van der Waals surface area contributed by atoms with E-state index in [-0.39, 0.29) is 6.09 Å². The van der Waals surface area contributed by atoms with E-state index in [9.17, 15) is 4.79 Å². The molecule has 0 aliphatic rings. The predicted molar refractivity (Wildman–Crippen MR) is 60.6 cm³/mol. The van der Waals surface area contributed by atoms with Crippen LogP contribution in [0.1, 0.15) is 11.1 Å². The molecule has 0 N–H and O–H groups in total. The second kappa shape index (κ2) is 4.53. The predicted octanol–water partition coefficient (Wildman–Crippen LogP) is 3.02. The zero-order chi connectivity index (χ0) is 11.6. The van der Waals surface area contributed by atoms with Gasteiger partial charge in [0.05, 0.1) is 0 Å². The summed E-state index contributed by atoms with van der Waals surface area (Å²) < 4.78 is 5.22. The summed E-state index contributed by atoms with van der Waals surface area (Å²) in [5, 5.41) is 0.648. The molecule has 1 aromatic rings. The first-order valence-corrected chi connectivity index (χ1v) is 4.95. The standard InChI is InChI=1S/C11H14ClNO2/c1-7-5-9(12)6-8(2)10(7)15-11(14)13(3)4/h5-6H,1-4H3. The van der Waals surface area contributed by atoms with Crippen molar-refractivity contribution in [3.05, 3.63) is 28.3 Å². The SMILES string of the molecule is Cc1cc(Cl)cc(C)c1OC(=O)N(C)C. The number of hydrogen-bond donors (Lipinski definition) is 0. The van der Waals surface area contributed by atoms with Crippen LogP contribution >= 0.6 is 11.6 Å². The number of hydrogen-bond acceptors (Lipinski definition) is 2. The van der Waals surface area contributed by atoms with Crippen LogP contribution in [0, 0.1) is 13.8 Å². The molecule has 0 aliphatic carbocycles. The lowest BCUT2D eigenvalue weighted by molar-refractivity contribution is 0.171. The van der Waals surface area contributed by atoms with E-state index in [1.54, 1.807) is 26.2 Å². The van der Waals surface area contributed by atoms with Crippen LogP contribution in [-0.4, -0.2) is 25.1 Å². The molecule has 15 heavy (non-hydrogen) atoms. The van der Waals surface area contributed by atoms with Crippen LogP contribution in [0.4, 0.5) is 4.79 Å². The Hall–Kier alpha value is -1.22. The van der Waals surface area contributed by atoms with Crippen LogP contribution in [0.5, 0.6) is 5.75 Å². The highest BCUT2D eigenvalue weighted by Crippen LogP contribution is 2.27. The Morgan fingerprint density at radius 1 is 1.27 bits per heavy atom. The Morgan fingerprint density at radius 2 is 1.73 bits per heavy atom. The molecule has 4 heteroatoms. The van der Waals surface area contributed by atoms with Gasteiger partial charge in [0.25, 0.3) is 0 Å². The quantitative estimate of drug-likeness (QED) is 0.738. The maximum Gasteiger partial charge on any atom is 0.414 e. The number of amides is 1. The molecule has 0 bridgehead atoms. The van der Waals surface area contributed by atoms with Gasteiger partial charge in [-0.1, -0.05) is 11.6 Å². The Balaban J connectivity index is 3.00. The van der Waals surface area contributed by atoms with Crippen molar-refractivity contribution in [3.8, 4) is 5.75 Å². The van der Waals surface area contributed by atoms with Crippen molar-refractivity contribution in [2.45, 2.75) is 13.8 Å². The average Bonchev–Trinajstić information content (AvgIpc) is 2.10. The van der Waals surface area contributed by atoms with Gasteiger partial charge in [-0.15, -0.1) is 0 Å². The highest BCUT2D eigenvalue weighted by molar-refractivity contribution is 6.30. The summed E-state index contributed by atoms with van der Waals surface area (Å²) in [6.07, 6.45) is -0.386. The number of carbonyl (C=O) groups excluding carboxylic acids is 1. The minimum atomic E-state index is -0.386. The maximum absolute atomic E-state index is 11.4. The molecule has 1 amide bonds. The zero-order valence-electron chi connectivity index (χ0n) is 9.30. The van der Waals surface area contributed by atoms with Gasteiger partial charge in [0.2, 0.25) is 0 Å². The van der Waals surface area contributed by atoms with Crippen LogP contribution < -0.4 is 4.74 Å². The fourth-order valence-electron chi connectivity index (χ4n) is 1.24. The van der Waals surface area contributed by atoms with Crippen molar-refractivity contribution in [2.24, 2.45) is 0 Å². The zero-order valence-corrected chi connectivity index (χ0v) is 10.1. The topological polar surface area (TPSA) is 29.5 Å². The second-order valence-corrected chi connectivity index (χ2v) is 4.07. The summed E-state index contributed by atoms with van der Waals surface area (Å²) in [4.78, 5) is 12.8. The Morgan fingerprint density at radius 3 is 2.13 bits per heavy atom. The van der Waals surface area contributed by atoms with E-state index in [0.29, 0.717) is 10.8 Å². The first-order valence-electron chi connectivity index (χ1n) is 4.57. The second-order valence-electron chi connectivity index (χ2n) is 3.63. The molecular weight excluding hydrogens is 214 g/mol. The monoisotopic (exact) mass is 227 g/mol. The highest BCUT2D eigenvalue weighted by atomic mass is 35.5. The smallest absolute Gasteiger partial charge is 0.410 e. The molecule has 1 aromatic carbocycles. The Bertz CT molecular complexity index is 365. The van der Waals surface area contributed by atoms with E-state index < -0.39 is 0 Å². The lowest BCUT2D eigenvalue weighted by Crippen LogP contribution is -2.25. The molecule has 0 unspecified atom stereocenters. The van der Waals surface area contributed by atoms with Crippen LogP contribution in [0.25, 0.3) is 0 Å². The molecule has 82 valence electrons. The lowest BCUT2D eigenvalue weighted by atomic mass is 10.1. The molecule has 1 rings (SSSR count). The van der Waals surface area contributed by atoms with Crippen molar-refractivity contribution in [2.75, 3.05) is 14.1 Å². The van der Waals surface area contributed by atoms with Gasteiger partial charge in [0.15, 0.2) is 0 Å². The molecule has 0 aromatic heterocycles. The van der Waals surface area contributed by atoms with Crippen LogP contribution in [-0.2, 0) is 0 Å². The van der Waals surface area contributed by atoms with E-state index in [2.05, 4.69) is 0 Å². The number of aryl methyl sites for hydroxylation is 2. The molecule has 0 radical (unpaired) electrons. The minimum absolute atomic E-state index is 0.386. The van der Waals surface area contributed by atoms with Crippen LogP contribution in [0.2, 0.25) is 5.02 Å². The minimum Gasteiger partial charge on any atom is -0.410 e. The van der Waals surface area contributed by atoms with Gasteiger partial charge in [-0.2, -0.15) is 0 Å². The van der Waals surface area contributed by atoms with Crippen molar-refractivity contribution in [1.82, 2.24) is 4.90 Å². The van der Waals surface area contributed by atoms with Gasteiger partial charge in [0.1, 0.15) is 5.75 Å². The largest absolute Gasteiger partial charge is 0.414 e. The first kappa shape index (κ1) is 11.9. The Kier molecular flexibility index (Phi) is 3.58. The van der Waals surface area contributed by atoms with E-state index >= 15 is 0 Å². The fourth-order valence-corrected chi connectivity index (χ4v) is 1.56. The number of benzene rings is 1. The number of carbonyl (C=O) groups is 1. The molecular formula is C11H14ClNO2. The summed E-state index contributed by atoms with van der Waals surface area (Å²) >= 11 is 5.87. The third kappa shape index (κ3) is 2.86. The summed E-state index contributed by atoms with van der Waals surface area (Å²) in [5.41, 5.74) is 1.71. The molecule has 0 spiro atoms. The van der Waals surface area contributed by atoms with Crippen molar-refractivity contribution in [1.29, 1.82) is 0 Å². The summed E-state index contributed by atoms with van der Waals surface area (Å²) in [5.74, 6) is 0.582. The summed E-state index contributed by atoms with van der Waals surface area (Å²) in [7, 11) is 3.28. The van der Waals surface area contributed by atoms with E-state index in [0.717, 1.165) is 11.1 Å². The van der Waals surface area contributed by atoms with Gasteiger partial charge in [0, 0.05) is 19.1 Å². The average molecular weight is 228 g/mol. The number of ether oxygens (including phenoxy) is 1. The van der Waals surface area contributed by atoms with E-state index in [4.69, 9.17) is 16.3 Å². The van der Waals surface area contributed by atoms with Gasteiger partial charge < -0.3 is 9.64 Å². The molecule has 3 nitrogen and oxygen atoms in total. The van der Waals surface area contributed by atoms with E-state index in [1.807, 2.05) is 13.8 Å². The van der Waals surface area contributed by atoms with Crippen molar-refractivity contribution >= 4 is 17.7 Å². The number of halogens is 1. The normalized spacial score (nSPS) is 9.93. The first-order chi connectivity index (χ1) is 6.91. The van der Waals surface area contributed by atoms with E-state index in [1.165, 1.54) is 4.90 Å². The molecule has 0 heterocycles. The molecule has 0 aliphatic heterocycles. The third-order valence-electron chi connectivity index (χ3n) is 1.98. The lowest BCUT2D eigenvalue weighted by Gasteiger charge is -2.14. The van der Waals surface area contributed by atoms with Crippen LogP contribution in [0.15, 0.2) is 12.1 Å². The van der Waals surface area contributed by atoms with Crippen molar-refractivity contribution < 1.29 is 9.53 Å². The van der Waals surface area contributed by atoms with Gasteiger partial charge >= 0.3 is 6.09 Å². The van der Waals surface area contributed by atoms with Crippen molar-refractivity contribution in [3.63, 3.8) is 0 Å². The van der Waals surface area contributed by atoms with Crippen LogP contribution in [0.3, 0.4) is 0 Å². The Labute approximate surface area is 94.6 Å². The van der Waals surface area contributed by atoms with Gasteiger partial charge in [-0.05, 0) is 37.1 Å². The molecule has 0 saturated heterocycles. The summed E-state index contributed by atoms with van der Waals surface area (Å²) in [6.45, 7) is 3.72. The molecule has 0 saturated carbocycles. The summed E-state index contributed by atoms with van der Waals surface area (Å²) in [6, 6.07) is 3.54. The highest BCUT2D eigenvalue weighted by Gasteiger charge is 2.11. The maximum atomic E-state index is 11.4. The fraction of sp³-hybridized carbons (Fsp3) is 0.364. The van der Waals surface area contributed by atoms with Gasteiger partial charge in [-0.25, -0.2) is 4.79 Å². The molecule has 0 fully saturated rings. The molecule has 0 atom stereocenters. The number of nitrogens with zero attached hydrogens (tertiary/aromatic N) is 1.